The molecule has 6 heteroatoms. The number of hydrogen-bond acceptors (Lipinski definition) is 3. The molecule has 1 aromatic rings. The monoisotopic (exact) mass is 297 g/mol. The van der Waals surface area contributed by atoms with Crippen molar-refractivity contribution in [1.29, 1.82) is 0 Å². The number of hydrogen-bond donors (Lipinski definition) is 2. The Balaban J connectivity index is 0. The lowest BCUT2D eigenvalue weighted by Crippen LogP contribution is -2.18. The molecule has 0 aliphatic heterocycles. The van der Waals surface area contributed by atoms with Crippen LogP contribution in [0.2, 0.25) is 0 Å². The fraction of sp³-hybridized carbons (Fsp3) is 0.500. The van der Waals surface area contributed by atoms with Crippen LogP contribution in [0.3, 0.4) is 0 Å². The summed E-state index contributed by atoms with van der Waals surface area (Å²) < 4.78 is 0.979. The van der Waals surface area contributed by atoms with Gasteiger partial charge < -0.3 is 11.5 Å². The van der Waals surface area contributed by atoms with Crippen LogP contribution < -0.4 is 11.5 Å². The first kappa shape index (κ1) is 16.2. The smallest absolute Gasteiger partial charge is 0.160 e. The van der Waals surface area contributed by atoms with Crippen LogP contribution in [0.25, 0.3) is 0 Å². The van der Waals surface area contributed by atoms with Crippen molar-refractivity contribution in [3.05, 3.63) is 14.5 Å². The van der Waals surface area contributed by atoms with Crippen LogP contribution in [0.1, 0.15) is 24.4 Å². The van der Waals surface area contributed by atoms with Crippen molar-refractivity contribution in [2.75, 3.05) is 0 Å². The maximum absolute atomic E-state index is 4.62. The molecular weight excluding hydrogens is 282 g/mol. The standard InChI is InChI=1S/C5H6BrNS.C2H6.CH4N2S/c1-3-4(2)8-5(6)7-3;1-2;2-1(3)4/h1-2H3;1-2H3;(H4,2,3,4). The zero-order valence-electron chi connectivity index (χ0n) is 8.80. The van der Waals surface area contributed by atoms with Gasteiger partial charge in [-0.15, -0.1) is 11.3 Å². The van der Waals surface area contributed by atoms with Crippen LogP contribution in [-0.4, -0.2) is 10.1 Å². The summed E-state index contributed by atoms with van der Waals surface area (Å²) in [6, 6.07) is 0. The topological polar surface area (TPSA) is 64.9 Å². The van der Waals surface area contributed by atoms with Crippen LogP contribution in [0, 0.1) is 13.8 Å². The van der Waals surface area contributed by atoms with Gasteiger partial charge in [0.05, 0.1) is 5.69 Å². The molecule has 0 aliphatic carbocycles. The van der Waals surface area contributed by atoms with Gasteiger partial charge in [-0.1, -0.05) is 13.8 Å². The van der Waals surface area contributed by atoms with Crippen molar-refractivity contribution in [1.82, 2.24) is 4.98 Å². The molecule has 0 aliphatic rings. The number of nitrogens with zero attached hydrogens (tertiary/aromatic N) is 1. The lowest BCUT2D eigenvalue weighted by atomic mass is 10.4. The first-order chi connectivity index (χ1) is 6.43. The quantitative estimate of drug-likeness (QED) is 0.723. The zero-order chi connectivity index (χ0) is 11.7. The highest BCUT2D eigenvalue weighted by Gasteiger charge is 1.97. The minimum atomic E-state index is 0.000000000000000222. The lowest BCUT2D eigenvalue weighted by molar-refractivity contribution is 1.21. The highest BCUT2D eigenvalue weighted by molar-refractivity contribution is 9.11. The second-order valence-corrected chi connectivity index (χ2v) is 4.96. The Hall–Kier alpha value is -0.200. The molecule has 1 aromatic heterocycles. The molecule has 0 aromatic carbocycles. The predicted octanol–water partition coefficient (Wildman–Crippen LogP) is 2.74. The highest BCUT2D eigenvalue weighted by atomic mass is 79.9. The highest BCUT2D eigenvalue weighted by Crippen LogP contribution is 2.20. The van der Waals surface area contributed by atoms with E-state index < -0.39 is 0 Å². The molecule has 1 rings (SSSR count). The van der Waals surface area contributed by atoms with Crippen molar-refractivity contribution < 1.29 is 0 Å². The van der Waals surface area contributed by atoms with Gasteiger partial charge in [0.15, 0.2) is 9.03 Å². The van der Waals surface area contributed by atoms with Crippen molar-refractivity contribution >= 4 is 44.6 Å². The minimum absolute atomic E-state index is 0.000000000000000222. The summed E-state index contributed by atoms with van der Waals surface area (Å²) in [5.41, 5.74) is 10.4. The molecule has 0 saturated carbocycles. The Bertz CT molecular complexity index is 250. The number of thiocarbonyl (C=S) groups is 1. The van der Waals surface area contributed by atoms with Gasteiger partial charge in [0.25, 0.3) is 0 Å². The fourth-order valence-corrected chi connectivity index (χ4v) is 2.06. The second kappa shape index (κ2) is 9.36. The zero-order valence-corrected chi connectivity index (χ0v) is 12.0. The van der Waals surface area contributed by atoms with E-state index in [1.165, 1.54) is 4.88 Å². The molecule has 0 amide bonds. The molecular formula is C8H16BrN3S2. The number of thiazole rings is 1. The summed E-state index contributed by atoms with van der Waals surface area (Å²) in [5, 5.41) is 0.000000000000000222. The van der Waals surface area contributed by atoms with Crippen LogP contribution in [0.4, 0.5) is 0 Å². The number of aryl methyl sites for hydroxylation is 2. The molecule has 4 N–H and O–H groups in total. The van der Waals surface area contributed by atoms with E-state index in [0.717, 1.165) is 9.61 Å². The number of aromatic nitrogens is 1. The van der Waals surface area contributed by atoms with Crippen molar-refractivity contribution in [2.45, 2.75) is 27.7 Å². The summed E-state index contributed by atoms with van der Waals surface area (Å²) in [6.45, 7) is 8.08. The molecule has 0 radical (unpaired) electrons. The molecule has 14 heavy (non-hydrogen) atoms. The average molecular weight is 298 g/mol. The number of nitrogens with two attached hydrogens (primary N) is 2. The van der Waals surface area contributed by atoms with E-state index in [1.54, 1.807) is 11.3 Å². The van der Waals surface area contributed by atoms with E-state index in [-0.39, 0.29) is 5.11 Å². The Morgan fingerprint density at radius 3 is 1.79 bits per heavy atom. The molecule has 1 heterocycles. The Morgan fingerprint density at radius 2 is 1.71 bits per heavy atom. The van der Waals surface area contributed by atoms with Crippen LogP contribution in [-0.2, 0) is 0 Å². The van der Waals surface area contributed by atoms with E-state index in [0.29, 0.717) is 0 Å². The Kier molecular flexibility index (Phi) is 10.9. The normalized spacial score (nSPS) is 7.79. The molecule has 0 atom stereocenters. The van der Waals surface area contributed by atoms with Gasteiger partial charge in [-0.2, -0.15) is 0 Å². The average Bonchev–Trinajstić information content (AvgIpc) is 2.32. The Morgan fingerprint density at radius 1 is 1.36 bits per heavy atom. The maximum atomic E-state index is 4.62. The largest absolute Gasteiger partial charge is 0.377 e. The van der Waals surface area contributed by atoms with Crippen molar-refractivity contribution in [2.24, 2.45) is 11.5 Å². The van der Waals surface area contributed by atoms with E-state index in [4.69, 9.17) is 0 Å². The van der Waals surface area contributed by atoms with Crippen LogP contribution >= 0.6 is 39.5 Å². The SMILES string of the molecule is CC.Cc1nc(Br)sc1C.NC(N)=S. The van der Waals surface area contributed by atoms with Gasteiger partial charge in [0.2, 0.25) is 0 Å². The summed E-state index contributed by atoms with van der Waals surface area (Å²) in [7, 11) is 0. The fourth-order valence-electron chi connectivity index (χ4n) is 0.434. The van der Waals surface area contributed by atoms with Crippen LogP contribution in [0.5, 0.6) is 0 Å². The molecule has 0 unspecified atom stereocenters. The van der Waals surface area contributed by atoms with Gasteiger partial charge in [-0.25, -0.2) is 4.98 Å². The summed E-state index contributed by atoms with van der Waals surface area (Å²) >= 11 is 9.06. The second-order valence-electron chi connectivity index (χ2n) is 2.01. The summed E-state index contributed by atoms with van der Waals surface area (Å²) in [4.78, 5) is 5.43. The first-order valence-electron chi connectivity index (χ1n) is 4.08. The minimum Gasteiger partial charge on any atom is -0.377 e. The third kappa shape index (κ3) is 9.88. The third-order valence-electron chi connectivity index (χ3n) is 1.00. The molecule has 82 valence electrons. The van der Waals surface area contributed by atoms with E-state index in [1.807, 2.05) is 20.8 Å². The number of halogens is 1. The van der Waals surface area contributed by atoms with Crippen LogP contribution in [0.15, 0.2) is 3.92 Å². The molecule has 3 nitrogen and oxygen atoms in total. The van der Waals surface area contributed by atoms with E-state index in [9.17, 15) is 0 Å². The molecule has 0 fully saturated rings. The van der Waals surface area contributed by atoms with Gasteiger partial charge in [-0.05, 0) is 42.0 Å². The van der Waals surface area contributed by atoms with Crippen molar-refractivity contribution in [3.8, 4) is 0 Å². The van der Waals surface area contributed by atoms with E-state index in [2.05, 4.69) is 51.5 Å². The summed E-state index contributed by atoms with van der Waals surface area (Å²) in [5.74, 6) is 0. The number of rotatable bonds is 0. The molecule has 0 bridgehead atoms. The first-order valence-corrected chi connectivity index (χ1v) is 6.09. The molecule has 0 spiro atoms. The van der Waals surface area contributed by atoms with Gasteiger partial charge in [0, 0.05) is 4.88 Å². The lowest BCUT2D eigenvalue weighted by Gasteiger charge is -1.77. The van der Waals surface area contributed by atoms with Gasteiger partial charge in [-0.3, -0.25) is 0 Å². The summed E-state index contributed by atoms with van der Waals surface area (Å²) in [6.07, 6.45) is 0. The van der Waals surface area contributed by atoms with Crippen molar-refractivity contribution in [3.63, 3.8) is 0 Å². The molecule has 0 saturated heterocycles. The predicted molar refractivity (Wildman–Crippen MR) is 71.6 cm³/mol. The van der Waals surface area contributed by atoms with Gasteiger partial charge in [0.1, 0.15) is 0 Å². The maximum Gasteiger partial charge on any atom is 0.160 e. The van der Waals surface area contributed by atoms with Gasteiger partial charge >= 0.3 is 0 Å². The van der Waals surface area contributed by atoms with E-state index >= 15 is 0 Å². The Labute approximate surface area is 103 Å². The third-order valence-corrected chi connectivity index (χ3v) is 2.53.